The summed E-state index contributed by atoms with van der Waals surface area (Å²) in [4.78, 5) is 0. The van der Waals surface area contributed by atoms with Crippen LogP contribution in [0.4, 0.5) is 0 Å². The van der Waals surface area contributed by atoms with Crippen LogP contribution in [-0.4, -0.2) is 24.8 Å². The fourth-order valence-corrected chi connectivity index (χ4v) is 2.23. The van der Waals surface area contributed by atoms with Gasteiger partial charge in [-0.05, 0) is 25.8 Å². The van der Waals surface area contributed by atoms with Gasteiger partial charge in [0, 0.05) is 24.7 Å². The van der Waals surface area contributed by atoms with Gasteiger partial charge >= 0.3 is 0 Å². The molecular weight excluding hydrogens is 212 g/mol. The first-order chi connectivity index (χ1) is 8.12. The van der Waals surface area contributed by atoms with Crippen molar-refractivity contribution in [3.8, 4) is 0 Å². The highest BCUT2D eigenvalue weighted by molar-refractivity contribution is 5.18. The lowest BCUT2D eigenvalue weighted by Crippen LogP contribution is -2.50. The first-order valence-electron chi connectivity index (χ1n) is 6.29. The quantitative estimate of drug-likeness (QED) is 0.835. The lowest BCUT2D eigenvalue weighted by Gasteiger charge is -2.30. The summed E-state index contributed by atoms with van der Waals surface area (Å²) in [5.74, 6) is 0. The molecule has 3 atom stereocenters. The molecule has 1 aromatic rings. The summed E-state index contributed by atoms with van der Waals surface area (Å²) in [7, 11) is 0. The molecule has 94 valence electrons. The van der Waals surface area contributed by atoms with Gasteiger partial charge in [-0.25, -0.2) is 0 Å². The van der Waals surface area contributed by atoms with Gasteiger partial charge in [-0.3, -0.25) is 0 Å². The number of nitrogens with one attached hydrogen (secondary N) is 1. The van der Waals surface area contributed by atoms with E-state index in [2.05, 4.69) is 31.3 Å². The van der Waals surface area contributed by atoms with Gasteiger partial charge in [-0.1, -0.05) is 30.3 Å². The van der Waals surface area contributed by atoms with Crippen molar-refractivity contribution >= 4 is 0 Å². The molecule has 1 heterocycles. The maximum atomic E-state index is 6.17. The number of benzene rings is 1. The molecule has 1 aliphatic heterocycles. The molecule has 1 aliphatic rings. The van der Waals surface area contributed by atoms with Crippen LogP contribution in [0.15, 0.2) is 30.3 Å². The van der Waals surface area contributed by atoms with E-state index in [0.29, 0.717) is 0 Å². The Morgan fingerprint density at radius 2 is 2.18 bits per heavy atom. The Labute approximate surface area is 103 Å². The average Bonchev–Trinajstić information content (AvgIpc) is 2.68. The van der Waals surface area contributed by atoms with Crippen LogP contribution in [0.5, 0.6) is 0 Å². The molecule has 0 saturated carbocycles. The van der Waals surface area contributed by atoms with Gasteiger partial charge in [0.1, 0.15) is 0 Å². The molecule has 0 radical (unpaired) electrons. The second-order valence-electron chi connectivity index (χ2n) is 5.08. The minimum atomic E-state index is 0.0424. The topological polar surface area (TPSA) is 47.3 Å². The summed E-state index contributed by atoms with van der Waals surface area (Å²) in [5.41, 5.74) is 7.41. The first kappa shape index (κ1) is 12.6. The van der Waals surface area contributed by atoms with E-state index >= 15 is 0 Å². The first-order valence-corrected chi connectivity index (χ1v) is 6.29. The van der Waals surface area contributed by atoms with Crippen LogP contribution < -0.4 is 11.1 Å². The molecule has 0 amide bonds. The lowest BCUT2D eigenvalue weighted by molar-refractivity contribution is 0.0882. The second kappa shape index (κ2) is 5.17. The van der Waals surface area contributed by atoms with E-state index in [0.717, 1.165) is 19.6 Å². The lowest BCUT2D eigenvalue weighted by atomic mass is 9.94. The van der Waals surface area contributed by atoms with Crippen molar-refractivity contribution in [2.75, 3.05) is 13.2 Å². The number of hydrogen-bond acceptors (Lipinski definition) is 3. The standard InChI is InChI=1S/C14H22N2O/c1-11-14(2,8-9-17-11)16-10-13(15)12-6-4-3-5-7-12/h3-7,11,13,16H,8-10,15H2,1-2H3. The summed E-state index contributed by atoms with van der Waals surface area (Å²) in [6, 6.07) is 10.3. The smallest absolute Gasteiger partial charge is 0.0726 e. The maximum Gasteiger partial charge on any atom is 0.0726 e. The van der Waals surface area contributed by atoms with Gasteiger partial charge < -0.3 is 15.8 Å². The van der Waals surface area contributed by atoms with Crippen LogP contribution in [0.2, 0.25) is 0 Å². The van der Waals surface area contributed by atoms with E-state index in [9.17, 15) is 0 Å². The summed E-state index contributed by atoms with van der Waals surface area (Å²) < 4.78 is 5.60. The van der Waals surface area contributed by atoms with Gasteiger partial charge in [0.05, 0.1) is 6.10 Å². The minimum Gasteiger partial charge on any atom is -0.377 e. The number of rotatable bonds is 4. The molecule has 0 aromatic heterocycles. The highest BCUT2D eigenvalue weighted by Gasteiger charge is 2.36. The van der Waals surface area contributed by atoms with Crippen molar-refractivity contribution in [3.05, 3.63) is 35.9 Å². The molecule has 0 bridgehead atoms. The summed E-state index contributed by atoms with van der Waals surface area (Å²) in [6.45, 7) is 5.95. The summed E-state index contributed by atoms with van der Waals surface area (Å²) in [6.07, 6.45) is 1.31. The highest BCUT2D eigenvalue weighted by Crippen LogP contribution is 2.25. The van der Waals surface area contributed by atoms with E-state index in [1.807, 2.05) is 18.2 Å². The van der Waals surface area contributed by atoms with Crippen LogP contribution in [0.3, 0.4) is 0 Å². The molecule has 3 unspecified atom stereocenters. The monoisotopic (exact) mass is 234 g/mol. The third kappa shape index (κ3) is 2.86. The maximum absolute atomic E-state index is 6.17. The van der Waals surface area contributed by atoms with Gasteiger partial charge in [0.25, 0.3) is 0 Å². The molecule has 1 fully saturated rings. The van der Waals surface area contributed by atoms with Crippen LogP contribution >= 0.6 is 0 Å². The van der Waals surface area contributed by atoms with Crippen LogP contribution in [0.1, 0.15) is 31.9 Å². The summed E-state index contributed by atoms with van der Waals surface area (Å²) in [5, 5.41) is 3.56. The largest absolute Gasteiger partial charge is 0.377 e. The van der Waals surface area contributed by atoms with Crippen molar-refractivity contribution in [1.29, 1.82) is 0 Å². The predicted octanol–water partition coefficient (Wildman–Crippen LogP) is 1.84. The van der Waals surface area contributed by atoms with Crippen molar-refractivity contribution in [2.24, 2.45) is 5.73 Å². The third-order valence-corrected chi connectivity index (χ3v) is 3.84. The molecule has 3 heteroatoms. The number of ether oxygens (including phenoxy) is 1. The average molecular weight is 234 g/mol. The molecule has 3 nitrogen and oxygen atoms in total. The predicted molar refractivity (Wildman–Crippen MR) is 69.8 cm³/mol. The van der Waals surface area contributed by atoms with E-state index in [1.165, 1.54) is 5.56 Å². The van der Waals surface area contributed by atoms with E-state index in [1.54, 1.807) is 0 Å². The molecule has 3 N–H and O–H groups in total. The molecule has 1 aromatic carbocycles. The van der Waals surface area contributed by atoms with Crippen LogP contribution in [0, 0.1) is 0 Å². The Balaban J connectivity index is 1.90. The Morgan fingerprint density at radius 3 is 2.76 bits per heavy atom. The third-order valence-electron chi connectivity index (χ3n) is 3.84. The van der Waals surface area contributed by atoms with Crippen molar-refractivity contribution in [2.45, 2.75) is 38.0 Å². The fraction of sp³-hybridized carbons (Fsp3) is 0.571. The number of nitrogens with two attached hydrogens (primary N) is 1. The molecule has 1 saturated heterocycles. The molecule has 17 heavy (non-hydrogen) atoms. The van der Waals surface area contributed by atoms with Crippen molar-refractivity contribution in [1.82, 2.24) is 5.32 Å². The highest BCUT2D eigenvalue weighted by atomic mass is 16.5. The molecule has 0 aliphatic carbocycles. The Morgan fingerprint density at radius 1 is 1.47 bits per heavy atom. The van der Waals surface area contributed by atoms with Gasteiger partial charge in [0.15, 0.2) is 0 Å². The SMILES string of the molecule is CC1OCCC1(C)NCC(N)c1ccccc1. The van der Waals surface area contributed by atoms with Crippen LogP contribution in [0.25, 0.3) is 0 Å². The molecular formula is C14H22N2O. The van der Waals surface area contributed by atoms with E-state index in [-0.39, 0.29) is 17.7 Å². The van der Waals surface area contributed by atoms with Crippen molar-refractivity contribution in [3.63, 3.8) is 0 Å². The molecule has 2 rings (SSSR count). The minimum absolute atomic E-state index is 0.0424. The Kier molecular flexibility index (Phi) is 3.82. The summed E-state index contributed by atoms with van der Waals surface area (Å²) >= 11 is 0. The zero-order chi connectivity index (χ0) is 12.3. The van der Waals surface area contributed by atoms with Gasteiger partial charge in [-0.15, -0.1) is 0 Å². The van der Waals surface area contributed by atoms with Crippen LogP contribution in [-0.2, 0) is 4.74 Å². The zero-order valence-corrected chi connectivity index (χ0v) is 10.6. The van der Waals surface area contributed by atoms with Gasteiger partial charge in [0.2, 0.25) is 0 Å². The second-order valence-corrected chi connectivity index (χ2v) is 5.08. The Hall–Kier alpha value is -0.900. The van der Waals surface area contributed by atoms with Gasteiger partial charge in [-0.2, -0.15) is 0 Å². The fourth-order valence-electron chi connectivity index (χ4n) is 2.23. The Bertz CT molecular complexity index is 354. The van der Waals surface area contributed by atoms with E-state index in [4.69, 9.17) is 10.5 Å². The molecule has 0 spiro atoms. The normalized spacial score (nSPS) is 30.4. The van der Waals surface area contributed by atoms with Crippen molar-refractivity contribution < 1.29 is 4.74 Å². The zero-order valence-electron chi connectivity index (χ0n) is 10.6. The number of hydrogen-bond donors (Lipinski definition) is 2. The van der Waals surface area contributed by atoms with E-state index < -0.39 is 0 Å².